The number of rotatable bonds is 6. The monoisotopic (exact) mass is 331 g/mol. The van der Waals surface area contributed by atoms with E-state index < -0.39 is 0 Å². The second-order valence-corrected chi connectivity index (χ2v) is 6.20. The molecule has 1 amide bonds. The number of nitrogen functional groups attached to an aromatic ring is 1. The molecule has 3 N–H and O–H groups in total. The van der Waals surface area contributed by atoms with Gasteiger partial charge in [0, 0.05) is 24.8 Å². The van der Waals surface area contributed by atoms with Crippen LogP contribution >= 0.6 is 11.6 Å². The molecule has 0 heterocycles. The second kappa shape index (κ2) is 7.99. The summed E-state index contributed by atoms with van der Waals surface area (Å²) in [5.74, 6) is -0.185. The molecule has 4 nitrogen and oxygen atoms in total. The lowest BCUT2D eigenvalue weighted by Gasteiger charge is -2.22. The summed E-state index contributed by atoms with van der Waals surface area (Å²) in [7, 11) is 2.03. The van der Waals surface area contributed by atoms with Crippen molar-refractivity contribution in [1.29, 1.82) is 0 Å². The molecule has 122 valence electrons. The smallest absolute Gasteiger partial charge is 0.253 e. The Morgan fingerprint density at radius 3 is 2.61 bits per heavy atom. The van der Waals surface area contributed by atoms with Gasteiger partial charge >= 0.3 is 0 Å². The Morgan fingerprint density at radius 2 is 1.96 bits per heavy atom. The fourth-order valence-electron chi connectivity index (χ4n) is 2.49. The van der Waals surface area contributed by atoms with Gasteiger partial charge in [0.15, 0.2) is 0 Å². The van der Waals surface area contributed by atoms with Crippen molar-refractivity contribution in [2.45, 2.75) is 19.5 Å². The summed E-state index contributed by atoms with van der Waals surface area (Å²) in [5.41, 5.74) is 7.88. The summed E-state index contributed by atoms with van der Waals surface area (Å²) >= 11 is 6.07. The lowest BCUT2D eigenvalue weighted by atomic mass is 10.1. The number of anilines is 1. The van der Waals surface area contributed by atoms with E-state index in [1.54, 1.807) is 18.2 Å². The van der Waals surface area contributed by atoms with Gasteiger partial charge in [0.2, 0.25) is 0 Å². The van der Waals surface area contributed by atoms with Gasteiger partial charge in [-0.2, -0.15) is 0 Å². The highest BCUT2D eigenvalue weighted by atomic mass is 35.5. The summed E-state index contributed by atoms with van der Waals surface area (Å²) in [6, 6.07) is 15.1. The molecule has 1 unspecified atom stereocenters. The maximum atomic E-state index is 12.3. The van der Waals surface area contributed by atoms with Gasteiger partial charge in [-0.1, -0.05) is 41.9 Å². The summed E-state index contributed by atoms with van der Waals surface area (Å²) in [5, 5.41) is 3.34. The van der Waals surface area contributed by atoms with Crippen molar-refractivity contribution in [3.05, 3.63) is 64.7 Å². The number of hydrogen-bond donors (Lipinski definition) is 2. The molecule has 0 fully saturated rings. The molecule has 5 heteroatoms. The van der Waals surface area contributed by atoms with E-state index in [4.69, 9.17) is 17.3 Å². The second-order valence-electron chi connectivity index (χ2n) is 5.80. The molecule has 0 aliphatic rings. The number of nitrogens with one attached hydrogen (secondary N) is 1. The Balaban J connectivity index is 1.88. The van der Waals surface area contributed by atoms with Crippen LogP contribution in [0, 0.1) is 0 Å². The molecule has 0 radical (unpaired) electrons. The topological polar surface area (TPSA) is 58.4 Å². The van der Waals surface area contributed by atoms with Crippen LogP contribution in [-0.2, 0) is 6.54 Å². The quantitative estimate of drug-likeness (QED) is 0.799. The Bertz CT molecular complexity index is 661. The number of carbonyl (C=O) groups excluding carboxylic acids is 1. The van der Waals surface area contributed by atoms with Crippen molar-refractivity contribution in [3.8, 4) is 0 Å². The first-order valence-electron chi connectivity index (χ1n) is 7.54. The third-order valence-corrected chi connectivity index (χ3v) is 3.81. The maximum absolute atomic E-state index is 12.3. The lowest BCUT2D eigenvalue weighted by Crippen LogP contribution is -2.40. The van der Waals surface area contributed by atoms with E-state index in [1.165, 1.54) is 5.56 Å². The fraction of sp³-hybridized carbons (Fsp3) is 0.278. The molecular formula is C18H22ClN3O. The summed E-state index contributed by atoms with van der Waals surface area (Å²) in [4.78, 5) is 14.4. The largest absolute Gasteiger partial charge is 0.399 e. The van der Waals surface area contributed by atoms with Crippen LogP contribution in [0.4, 0.5) is 5.69 Å². The lowest BCUT2D eigenvalue weighted by molar-refractivity contribution is 0.0932. The molecule has 2 aromatic rings. The van der Waals surface area contributed by atoms with E-state index in [2.05, 4.69) is 22.3 Å². The van der Waals surface area contributed by atoms with Gasteiger partial charge in [0.25, 0.3) is 5.91 Å². The van der Waals surface area contributed by atoms with Gasteiger partial charge < -0.3 is 16.0 Å². The SMILES string of the molecule is CC(CN(C)Cc1ccccc1)NC(=O)c1ccc(N)cc1Cl. The number of nitrogens with two attached hydrogens (primary N) is 1. The standard InChI is InChI=1S/C18H22ClN3O/c1-13(11-22(2)12-14-6-4-3-5-7-14)21-18(23)16-9-8-15(20)10-17(16)19/h3-10,13H,11-12,20H2,1-2H3,(H,21,23). The van der Waals surface area contributed by atoms with Gasteiger partial charge in [0.05, 0.1) is 10.6 Å². The van der Waals surface area contributed by atoms with Gasteiger partial charge in [-0.3, -0.25) is 4.79 Å². The summed E-state index contributed by atoms with van der Waals surface area (Å²) in [6.07, 6.45) is 0. The van der Waals surface area contributed by atoms with Crippen LogP contribution in [0.2, 0.25) is 5.02 Å². The van der Waals surface area contributed by atoms with Crippen LogP contribution in [0.3, 0.4) is 0 Å². The average molecular weight is 332 g/mol. The van der Waals surface area contributed by atoms with E-state index in [-0.39, 0.29) is 11.9 Å². The molecule has 0 spiro atoms. The Labute approximate surface area is 142 Å². The average Bonchev–Trinajstić information content (AvgIpc) is 2.47. The van der Waals surface area contributed by atoms with E-state index >= 15 is 0 Å². The van der Waals surface area contributed by atoms with E-state index in [0.29, 0.717) is 16.3 Å². The highest BCUT2D eigenvalue weighted by Crippen LogP contribution is 2.19. The molecule has 0 bridgehead atoms. The third kappa shape index (κ3) is 5.27. The molecule has 1 atom stereocenters. The molecule has 2 aromatic carbocycles. The Hall–Kier alpha value is -2.04. The number of likely N-dealkylation sites (N-methyl/N-ethyl adjacent to an activating group) is 1. The van der Waals surface area contributed by atoms with Crippen LogP contribution in [-0.4, -0.2) is 30.4 Å². The first-order valence-corrected chi connectivity index (χ1v) is 7.92. The summed E-state index contributed by atoms with van der Waals surface area (Å²) in [6.45, 7) is 3.56. The molecule has 0 aliphatic heterocycles. The predicted octanol–water partition coefficient (Wildman–Crippen LogP) is 3.17. The summed E-state index contributed by atoms with van der Waals surface area (Å²) < 4.78 is 0. The number of amides is 1. The minimum Gasteiger partial charge on any atom is -0.399 e. The highest BCUT2D eigenvalue weighted by Gasteiger charge is 2.14. The van der Waals surface area contributed by atoms with E-state index in [1.807, 2.05) is 32.2 Å². The van der Waals surface area contributed by atoms with Crippen molar-refractivity contribution in [2.24, 2.45) is 0 Å². The van der Waals surface area contributed by atoms with E-state index in [9.17, 15) is 4.79 Å². The molecule has 23 heavy (non-hydrogen) atoms. The third-order valence-electron chi connectivity index (χ3n) is 3.50. The molecule has 0 saturated carbocycles. The number of carbonyl (C=O) groups is 1. The number of nitrogens with zero attached hydrogens (tertiary/aromatic N) is 1. The maximum Gasteiger partial charge on any atom is 0.253 e. The van der Waals surface area contributed by atoms with Crippen LogP contribution in [0.25, 0.3) is 0 Å². The van der Waals surface area contributed by atoms with Crippen LogP contribution in [0.15, 0.2) is 48.5 Å². The van der Waals surface area contributed by atoms with Crippen molar-refractivity contribution in [1.82, 2.24) is 10.2 Å². The van der Waals surface area contributed by atoms with Gasteiger partial charge in [-0.25, -0.2) is 0 Å². The molecule has 2 rings (SSSR count). The number of benzene rings is 2. The minimum absolute atomic E-state index is 0.00447. The number of hydrogen-bond acceptors (Lipinski definition) is 3. The van der Waals surface area contributed by atoms with Crippen molar-refractivity contribution >= 4 is 23.2 Å². The first-order chi connectivity index (χ1) is 11.0. The fourth-order valence-corrected chi connectivity index (χ4v) is 2.76. The van der Waals surface area contributed by atoms with Crippen LogP contribution < -0.4 is 11.1 Å². The highest BCUT2D eigenvalue weighted by molar-refractivity contribution is 6.34. The molecular weight excluding hydrogens is 310 g/mol. The minimum atomic E-state index is -0.185. The van der Waals surface area contributed by atoms with Gasteiger partial charge in [-0.05, 0) is 37.7 Å². The molecule has 0 saturated heterocycles. The van der Waals surface area contributed by atoms with E-state index in [0.717, 1.165) is 13.1 Å². The Morgan fingerprint density at radius 1 is 1.26 bits per heavy atom. The van der Waals surface area contributed by atoms with Crippen molar-refractivity contribution in [2.75, 3.05) is 19.3 Å². The van der Waals surface area contributed by atoms with Crippen molar-refractivity contribution in [3.63, 3.8) is 0 Å². The van der Waals surface area contributed by atoms with Crippen LogP contribution in [0.1, 0.15) is 22.8 Å². The van der Waals surface area contributed by atoms with Crippen LogP contribution in [0.5, 0.6) is 0 Å². The molecule has 0 aliphatic carbocycles. The molecule has 0 aromatic heterocycles. The van der Waals surface area contributed by atoms with Crippen molar-refractivity contribution < 1.29 is 4.79 Å². The normalized spacial score (nSPS) is 12.2. The predicted molar refractivity (Wildman–Crippen MR) is 95.6 cm³/mol. The van der Waals surface area contributed by atoms with Gasteiger partial charge in [-0.15, -0.1) is 0 Å². The zero-order valence-corrected chi connectivity index (χ0v) is 14.2. The van der Waals surface area contributed by atoms with Gasteiger partial charge in [0.1, 0.15) is 0 Å². The first kappa shape index (κ1) is 17.3. The Kier molecular flexibility index (Phi) is 6.02. The zero-order valence-electron chi connectivity index (χ0n) is 13.4. The zero-order chi connectivity index (χ0) is 16.8. The number of halogens is 1.